The molecular weight excluding hydrogens is 1400 g/mol. The third-order valence-electron chi connectivity index (χ3n) is 24.7. The van der Waals surface area contributed by atoms with Crippen LogP contribution in [0.2, 0.25) is 0 Å². The maximum absolute atomic E-state index is 15.8. The molecule has 3 aliphatic heterocycles. The summed E-state index contributed by atoms with van der Waals surface area (Å²) in [5.41, 5.74) is -2.17. The second-order valence-corrected chi connectivity index (χ2v) is 33.6. The molecule has 6 fully saturated rings. The fourth-order valence-electron chi connectivity index (χ4n) is 18.3. The number of methoxy groups -OCH3 is 1. The quantitative estimate of drug-likeness (QED) is 0.136. The lowest BCUT2D eigenvalue weighted by Gasteiger charge is -2.54. The van der Waals surface area contributed by atoms with Gasteiger partial charge in [-0.25, -0.2) is 0 Å². The highest BCUT2D eigenvalue weighted by Gasteiger charge is 2.60. The molecule has 7 aliphatic rings. The highest BCUT2D eigenvalue weighted by Crippen LogP contribution is 2.50. The maximum atomic E-state index is 15.8. The van der Waals surface area contributed by atoms with Crippen LogP contribution in [0.1, 0.15) is 209 Å². The van der Waals surface area contributed by atoms with Gasteiger partial charge in [0.15, 0.2) is 0 Å². The Morgan fingerprint density at radius 3 is 1.94 bits per heavy atom. The minimum atomic E-state index is -4.52. The normalized spacial score (nSPS) is 31.6. The first kappa shape index (κ1) is 88.3. The molecule has 108 heavy (non-hydrogen) atoms. The first-order valence-corrected chi connectivity index (χ1v) is 40.1. The number of ether oxygens (including phenoxy) is 2. The van der Waals surface area contributed by atoms with Crippen LogP contribution in [0.5, 0.6) is 0 Å². The van der Waals surface area contributed by atoms with E-state index in [1.807, 2.05) is 40.7 Å². The predicted molar refractivity (Wildman–Crippen MR) is 400 cm³/mol. The molecule has 0 aromatic rings. The number of fused-ring (bicyclic) bond motifs is 3. The summed E-state index contributed by atoms with van der Waals surface area (Å²) in [5.74, 6) is -10.3. The van der Waals surface area contributed by atoms with Crippen LogP contribution in [0.15, 0.2) is 12.2 Å². The van der Waals surface area contributed by atoms with Crippen LogP contribution in [-0.4, -0.2) is 283 Å². The van der Waals surface area contributed by atoms with Gasteiger partial charge < -0.3 is 69.5 Å². The predicted octanol–water partition coefficient (Wildman–Crippen LogP) is 6.71. The fraction of sp³-hybridized carbons (Fsp3) is 0.823. The van der Waals surface area contributed by atoms with Gasteiger partial charge in [0.2, 0.25) is 70.9 Å². The van der Waals surface area contributed by atoms with Gasteiger partial charge >= 0.3 is 6.18 Å². The summed E-state index contributed by atoms with van der Waals surface area (Å²) in [5, 5.41) is 8.96. The van der Waals surface area contributed by atoms with Crippen molar-refractivity contribution in [3.05, 3.63) is 12.2 Å². The van der Waals surface area contributed by atoms with Gasteiger partial charge in [0.25, 0.3) is 0 Å². The van der Waals surface area contributed by atoms with Crippen LogP contribution in [0.4, 0.5) is 13.2 Å². The Morgan fingerprint density at radius 1 is 0.685 bits per heavy atom. The Bertz CT molecular complexity index is 3190. The van der Waals surface area contributed by atoms with E-state index in [9.17, 15) is 37.1 Å². The third kappa shape index (κ3) is 21.6. The molecule has 26 nitrogen and oxygen atoms in total. The minimum absolute atomic E-state index is 0.00612. The van der Waals surface area contributed by atoms with Crippen molar-refractivity contribution in [2.24, 2.45) is 40.9 Å². The molecule has 2 saturated heterocycles. The summed E-state index contributed by atoms with van der Waals surface area (Å²) in [7, 11) is 11.4. The lowest BCUT2D eigenvalue weighted by atomic mass is 9.58. The monoisotopic (exact) mass is 1530 g/mol. The van der Waals surface area contributed by atoms with Crippen molar-refractivity contribution < 1.29 is 80.2 Å². The standard InChI is InChI=1S/C79H129F3N12O14/c1-17-26-57-68(98)84-66(50(6)19-3)74(104)92(38-18-2)46-65(97)89(13)58-29-22-21-25-39-93(73(58)103)61(40-51-32-30-49(5)31-33-51)72(102)87(11)45-63(95)83-56(37-35-52-34-36-55(79(80,81)82)62(41-52)107-16)70(100)94-44-54(108-20-4)42-59(94)69(99)85-78(47-77(7,8)48-78)76(106)91(15)67(53-27-23-24-28-53)75(105)90(14)60(71(101)86(9)10)43-64(96)88(57)12/h21-22,49-62,66-67H,17-20,23-48H2,1-16H3,(H,83,95)(H,84,98)(H,85,99)/b22-21-/t49?,50-,51?,52?,54+,55?,56-,57-,58-,59-,60-,61-,62?,66-,67-/m0/s1. The molecule has 29 heteroatoms. The second kappa shape index (κ2) is 38.8. The molecule has 610 valence electrons. The summed E-state index contributed by atoms with van der Waals surface area (Å²) < 4.78 is 54.7. The molecule has 4 saturated carbocycles. The molecule has 0 aromatic heterocycles. The minimum Gasteiger partial charge on any atom is -0.381 e. The van der Waals surface area contributed by atoms with E-state index < -0.39 is 186 Å². The SMILES string of the molecule is CCC[C@H]1C(=O)N[C@@H]([C@@H](C)CC)C(=O)N(CCC)CC(=O)N(C)[C@H]2C/C=C\CCN(C2=O)[C@@H](CC2CCC(C)CC2)C(=O)N(C)CC(=O)N[C@@H](CCC2CCC(C(F)(F)F)C(OC)C2)C(=O)N2C[C@H](OCC)C[C@H]2C(=O)NC2(CC(C)(C)C2)C(=O)N(C)[C@@H](C2CCCC2)C(=O)N(C)[C@H](C(=O)N(C)C)CC(=O)N1C. The molecule has 1 spiro atoms. The summed E-state index contributed by atoms with van der Waals surface area (Å²) in [6.45, 7) is 14.2. The first-order chi connectivity index (χ1) is 50.9. The summed E-state index contributed by atoms with van der Waals surface area (Å²) in [4.78, 5) is 195. The van der Waals surface area contributed by atoms with Gasteiger partial charge in [0, 0.05) is 89.1 Å². The highest BCUT2D eigenvalue weighted by molar-refractivity contribution is 6.01. The Labute approximate surface area is 639 Å². The van der Waals surface area contributed by atoms with Gasteiger partial charge in [-0.1, -0.05) is 112 Å². The largest absolute Gasteiger partial charge is 0.394 e. The Morgan fingerprint density at radius 2 is 1.34 bits per heavy atom. The molecule has 12 amide bonds. The Hall–Kier alpha value is -6.91. The molecule has 0 aromatic carbocycles. The zero-order valence-corrected chi connectivity index (χ0v) is 67.5. The van der Waals surface area contributed by atoms with Crippen molar-refractivity contribution in [1.29, 1.82) is 0 Å². The van der Waals surface area contributed by atoms with E-state index in [0.29, 0.717) is 44.4 Å². The Balaban J connectivity index is 1.34. The smallest absolute Gasteiger partial charge is 0.381 e. The number of hydrogen-bond donors (Lipinski definition) is 3. The molecule has 2 bridgehead atoms. The van der Waals surface area contributed by atoms with E-state index in [4.69, 9.17) is 9.47 Å². The van der Waals surface area contributed by atoms with E-state index >= 15 is 33.6 Å². The van der Waals surface area contributed by atoms with Crippen LogP contribution in [-0.2, 0) is 67.0 Å². The number of halogens is 3. The van der Waals surface area contributed by atoms with Crippen LogP contribution in [0, 0.1) is 40.9 Å². The average molecular weight is 1530 g/mol. The number of amides is 12. The maximum Gasteiger partial charge on any atom is 0.394 e. The van der Waals surface area contributed by atoms with Gasteiger partial charge in [0.1, 0.15) is 53.9 Å². The van der Waals surface area contributed by atoms with Crippen molar-refractivity contribution in [1.82, 2.24) is 60.0 Å². The molecule has 3 heterocycles. The number of rotatable bonds is 16. The molecule has 7 rings (SSSR count). The van der Waals surface area contributed by atoms with Crippen LogP contribution < -0.4 is 16.0 Å². The van der Waals surface area contributed by atoms with Crippen molar-refractivity contribution in [2.75, 3.05) is 95.8 Å². The lowest BCUT2D eigenvalue weighted by Crippen LogP contribution is -2.71. The second-order valence-electron chi connectivity index (χ2n) is 33.6. The van der Waals surface area contributed by atoms with Crippen LogP contribution in [0.3, 0.4) is 0 Å². The van der Waals surface area contributed by atoms with E-state index in [2.05, 4.69) is 22.9 Å². The average Bonchev–Trinajstić information content (AvgIpc) is 0.935. The molecule has 3 N–H and O–H groups in total. The van der Waals surface area contributed by atoms with E-state index in [1.54, 1.807) is 19.9 Å². The van der Waals surface area contributed by atoms with E-state index in [1.165, 1.54) is 101 Å². The van der Waals surface area contributed by atoms with Crippen molar-refractivity contribution in [2.45, 2.75) is 282 Å². The van der Waals surface area contributed by atoms with Crippen molar-refractivity contribution >= 4 is 70.9 Å². The van der Waals surface area contributed by atoms with Gasteiger partial charge in [-0.15, -0.1) is 0 Å². The molecule has 13 atom stereocenters. The van der Waals surface area contributed by atoms with Crippen molar-refractivity contribution in [3.8, 4) is 0 Å². The van der Waals surface area contributed by atoms with E-state index in [-0.39, 0.29) is 109 Å². The van der Waals surface area contributed by atoms with Gasteiger partial charge in [0.05, 0.1) is 37.6 Å². The summed E-state index contributed by atoms with van der Waals surface area (Å²) in [6.07, 6.45) is 4.62. The Kier molecular flexibility index (Phi) is 31.7. The highest BCUT2D eigenvalue weighted by atomic mass is 19.4. The number of carbonyl (C=O) groups is 12. The zero-order chi connectivity index (χ0) is 80.0. The third-order valence-corrected chi connectivity index (χ3v) is 24.7. The number of alkyl halides is 3. The fourth-order valence-corrected chi connectivity index (χ4v) is 18.3. The number of nitrogens with one attached hydrogen (secondary N) is 3. The van der Waals surface area contributed by atoms with Crippen molar-refractivity contribution in [3.63, 3.8) is 0 Å². The number of hydrogen-bond acceptors (Lipinski definition) is 14. The van der Waals surface area contributed by atoms with Crippen LogP contribution in [0.25, 0.3) is 0 Å². The van der Waals surface area contributed by atoms with Gasteiger partial charge in [-0.3, -0.25) is 57.5 Å². The zero-order valence-electron chi connectivity index (χ0n) is 67.5. The van der Waals surface area contributed by atoms with Gasteiger partial charge in [-0.05, 0) is 132 Å². The van der Waals surface area contributed by atoms with E-state index in [0.717, 1.165) is 38.5 Å². The topological polar surface area (TPSA) is 289 Å². The molecule has 4 aliphatic carbocycles. The first-order valence-electron chi connectivity index (χ1n) is 40.1. The molecular formula is C79H129F3N12O14. The molecule has 3 unspecified atom stereocenters. The molecule has 0 radical (unpaired) electrons. The summed E-state index contributed by atoms with van der Waals surface area (Å²) in [6, 6.07) is -10.1. The van der Waals surface area contributed by atoms with Gasteiger partial charge in [-0.2, -0.15) is 13.2 Å². The number of carbonyl (C=O) groups excluding carboxylic acids is 12. The summed E-state index contributed by atoms with van der Waals surface area (Å²) >= 11 is 0. The number of nitrogens with zero attached hydrogens (tertiary/aromatic N) is 9. The number of likely N-dealkylation sites (N-methyl/N-ethyl adjacent to an activating group) is 6. The van der Waals surface area contributed by atoms with Crippen LogP contribution >= 0.6 is 0 Å². The lowest BCUT2D eigenvalue weighted by molar-refractivity contribution is -0.215.